The Morgan fingerprint density at radius 2 is 2.14 bits per heavy atom. The van der Waals surface area contributed by atoms with E-state index in [9.17, 15) is 9.90 Å². The molecule has 4 heteroatoms. The molecule has 0 bridgehead atoms. The second-order valence-electron chi connectivity index (χ2n) is 3.78. The van der Waals surface area contributed by atoms with Crippen LogP contribution in [-0.4, -0.2) is 17.1 Å². The Hall–Kier alpha value is -1.55. The molecular weight excluding hydrogens is 182 g/mol. The molecule has 1 atom stereocenters. The summed E-state index contributed by atoms with van der Waals surface area (Å²) in [7, 11) is 0. The predicted molar refractivity (Wildman–Crippen MR) is 48.4 cm³/mol. The first kappa shape index (κ1) is 7.82. The van der Waals surface area contributed by atoms with Gasteiger partial charge < -0.3 is 15.6 Å². The molecule has 1 heterocycles. The van der Waals surface area contributed by atoms with Crippen molar-refractivity contribution in [3.8, 4) is 11.5 Å². The van der Waals surface area contributed by atoms with Crippen LogP contribution in [0.2, 0.25) is 0 Å². The Bertz CT molecular complexity index is 453. The second-order valence-corrected chi connectivity index (χ2v) is 3.78. The molecule has 2 aliphatic rings. The highest BCUT2D eigenvalue weighted by Crippen LogP contribution is 2.42. The van der Waals surface area contributed by atoms with E-state index in [-0.39, 0.29) is 17.8 Å². The molecule has 0 saturated carbocycles. The van der Waals surface area contributed by atoms with E-state index in [0.717, 1.165) is 11.1 Å². The number of benzene rings is 1. The van der Waals surface area contributed by atoms with Crippen molar-refractivity contribution in [2.45, 2.75) is 18.9 Å². The van der Waals surface area contributed by atoms with Crippen LogP contribution in [0.5, 0.6) is 11.5 Å². The zero-order valence-electron chi connectivity index (χ0n) is 7.41. The number of phenols is 1. The number of hydrogen-bond acceptors (Lipinski definition) is 4. The number of esters is 1. The summed E-state index contributed by atoms with van der Waals surface area (Å²) in [4.78, 5) is 11.2. The van der Waals surface area contributed by atoms with Gasteiger partial charge in [0.15, 0.2) is 0 Å². The van der Waals surface area contributed by atoms with E-state index in [4.69, 9.17) is 10.5 Å². The maximum absolute atomic E-state index is 11.2. The van der Waals surface area contributed by atoms with Gasteiger partial charge in [-0.1, -0.05) is 0 Å². The number of carbonyl (C=O) groups excluding carboxylic acids is 1. The quantitative estimate of drug-likeness (QED) is 0.580. The van der Waals surface area contributed by atoms with Crippen LogP contribution < -0.4 is 10.5 Å². The number of aromatic hydroxyl groups is 1. The van der Waals surface area contributed by atoms with Gasteiger partial charge in [0.05, 0.1) is 0 Å². The first-order valence-corrected chi connectivity index (χ1v) is 4.52. The molecule has 4 nitrogen and oxygen atoms in total. The van der Waals surface area contributed by atoms with Crippen molar-refractivity contribution in [2.75, 3.05) is 0 Å². The highest BCUT2D eigenvalue weighted by atomic mass is 16.6. The molecular formula is C10H9NO3. The van der Waals surface area contributed by atoms with Gasteiger partial charge in [0.25, 0.3) is 0 Å². The van der Waals surface area contributed by atoms with Gasteiger partial charge in [-0.25, -0.2) is 4.79 Å². The van der Waals surface area contributed by atoms with Crippen molar-refractivity contribution >= 4 is 5.97 Å². The summed E-state index contributed by atoms with van der Waals surface area (Å²) in [6.45, 7) is 0. The summed E-state index contributed by atoms with van der Waals surface area (Å²) in [5.74, 6) is 0.380. The molecule has 3 N–H and O–H groups in total. The highest BCUT2D eigenvalue weighted by Gasteiger charge is 2.36. The Morgan fingerprint density at radius 3 is 2.86 bits per heavy atom. The zero-order valence-corrected chi connectivity index (χ0v) is 7.41. The van der Waals surface area contributed by atoms with E-state index in [1.807, 2.05) is 0 Å². The zero-order chi connectivity index (χ0) is 9.87. The summed E-state index contributed by atoms with van der Waals surface area (Å²) in [6, 6.07) is 1.50. The van der Waals surface area contributed by atoms with Crippen molar-refractivity contribution in [3.05, 3.63) is 22.8 Å². The largest absolute Gasteiger partial charge is 0.508 e. The molecule has 1 unspecified atom stereocenters. The van der Waals surface area contributed by atoms with E-state index in [2.05, 4.69) is 0 Å². The molecule has 72 valence electrons. The molecule has 3 rings (SSSR count). The molecule has 14 heavy (non-hydrogen) atoms. The lowest BCUT2D eigenvalue weighted by molar-refractivity contribution is 0.0656. The Kier molecular flexibility index (Phi) is 1.27. The van der Waals surface area contributed by atoms with Crippen LogP contribution in [0, 0.1) is 0 Å². The average Bonchev–Trinajstić information content (AvgIpc) is 2.45. The van der Waals surface area contributed by atoms with E-state index < -0.39 is 0 Å². The lowest BCUT2D eigenvalue weighted by Crippen LogP contribution is -2.24. The third kappa shape index (κ3) is 0.786. The SMILES string of the molecule is NC1Cc2c(O)cc3c(c2C1)C(=O)O3. The van der Waals surface area contributed by atoms with Crippen molar-refractivity contribution < 1.29 is 14.6 Å². The normalized spacial score (nSPS) is 22.4. The fourth-order valence-corrected chi connectivity index (χ4v) is 2.20. The molecule has 0 radical (unpaired) electrons. The van der Waals surface area contributed by atoms with E-state index in [1.165, 1.54) is 6.07 Å². The van der Waals surface area contributed by atoms with Crippen molar-refractivity contribution in [1.29, 1.82) is 0 Å². The smallest absolute Gasteiger partial charge is 0.347 e. The number of hydrogen-bond donors (Lipinski definition) is 2. The molecule has 1 aliphatic heterocycles. The number of rotatable bonds is 0. The Balaban J connectivity index is 2.26. The van der Waals surface area contributed by atoms with E-state index >= 15 is 0 Å². The maximum Gasteiger partial charge on any atom is 0.347 e. The summed E-state index contributed by atoms with van der Waals surface area (Å²) < 4.78 is 4.79. The third-order valence-electron chi connectivity index (χ3n) is 2.83. The molecule has 0 fully saturated rings. The second kappa shape index (κ2) is 2.27. The molecule has 0 amide bonds. The summed E-state index contributed by atoms with van der Waals surface area (Å²) in [6.07, 6.45) is 1.29. The Morgan fingerprint density at radius 1 is 1.43 bits per heavy atom. The van der Waals surface area contributed by atoms with Crippen LogP contribution in [-0.2, 0) is 12.8 Å². The minimum absolute atomic E-state index is 0.01000. The van der Waals surface area contributed by atoms with Crippen LogP contribution in [0.15, 0.2) is 6.07 Å². The lowest BCUT2D eigenvalue weighted by Gasteiger charge is -2.21. The molecule has 1 aromatic rings. The van der Waals surface area contributed by atoms with Gasteiger partial charge in [0, 0.05) is 12.1 Å². The lowest BCUT2D eigenvalue weighted by atomic mass is 9.98. The molecule has 1 aromatic carbocycles. The van der Waals surface area contributed by atoms with Gasteiger partial charge in [-0.3, -0.25) is 0 Å². The monoisotopic (exact) mass is 191 g/mol. The topological polar surface area (TPSA) is 72.5 Å². The third-order valence-corrected chi connectivity index (χ3v) is 2.83. The summed E-state index contributed by atoms with van der Waals surface area (Å²) in [5.41, 5.74) is 8.09. The average molecular weight is 191 g/mol. The van der Waals surface area contributed by atoms with Gasteiger partial charge in [0.1, 0.15) is 17.1 Å². The summed E-state index contributed by atoms with van der Waals surface area (Å²) in [5, 5.41) is 9.63. The number of ether oxygens (including phenoxy) is 1. The standard InChI is InChI=1S/C10H9NO3/c11-4-1-5-6(2-4)9-8(3-7(5)12)14-10(9)13/h3-4,12H,1-2,11H2. The minimum Gasteiger partial charge on any atom is -0.508 e. The van der Waals surface area contributed by atoms with E-state index in [0.29, 0.717) is 24.2 Å². The van der Waals surface area contributed by atoms with Crippen molar-refractivity contribution in [1.82, 2.24) is 0 Å². The fourth-order valence-electron chi connectivity index (χ4n) is 2.20. The van der Waals surface area contributed by atoms with Crippen LogP contribution in [0.3, 0.4) is 0 Å². The number of phenolic OH excluding ortho intramolecular Hbond substituents is 1. The summed E-state index contributed by atoms with van der Waals surface area (Å²) >= 11 is 0. The van der Waals surface area contributed by atoms with Gasteiger partial charge in [0.2, 0.25) is 0 Å². The Labute approximate surface area is 80.3 Å². The van der Waals surface area contributed by atoms with Gasteiger partial charge in [-0.15, -0.1) is 0 Å². The first-order valence-electron chi connectivity index (χ1n) is 4.52. The number of fused-ring (bicyclic) bond motifs is 3. The van der Waals surface area contributed by atoms with Gasteiger partial charge in [-0.05, 0) is 24.0 Å². The maximum atomic E-state index is 11.2. The van der Waals surface area contributed by atoms with Crippen LogP contribution >= 0.6 is 0 Å². The van der Waals surface area contributed by atoms with Crippen LogP contribution in [0.25, 0.3) is 0 Å². The number of carbonyl (C=O) groups is 1. The molecule has 0 aromatic heterocycles. The van der Waals surface area contributed by atoms with Gasteiger partial charge in [-0.2, -0.15) is 0 Å². The van der Waals surface area contributed by atoms with Crippen LogP contribution in [0.4, 0.5) is 0 Å². The minimum atomic E-state index is -0.301. The molecule has 1 aliphatic carbocycles. The first-order chi connectivity index (χ1) is 6.66. The van der Waals surface area contributed by atoms with E-state index in [1.54, 1.807) is 0 Å². The van der Waals surface area contributed by atoms with Crippen LogP contribution in [0.1, 0.15) is 21.5 Å². The molecule has 0 saturated heterocycles. The fraction of sp³-hybridized carbons (Fsp3) is 0.300. The van der Waals surface area contributed by atoms with Crippen molar-refractivity contribution in [3.63, 3.8) is 0 Å². The van der Waals surface area contributed by atoms with Gasteiger partial charge >= 0.3 is 5.97 Å². The number of nitrogens with two attached hydrogens (primary N) is 1. The highest BCUT2D eigenvalue weighted by molar-refractivity contribution is 6.03. The van der Waals surface area contributed by atoms with Crippen molar-refractivity contribution in [2.24, 2.45) is 5.73 Å². The predicted octanol–water partition coefficient (Wildman–Crippen LogP) is 0.351. The molecule has 0 spiro atoms.